The Labute approximate surface area is 214 Å². The molecule has 0 radical (unpaired) electrons. The summed E-state index contributed by atoms with van der Waals surface area (Å²) in [5, 5.41) is 10.9. The molecule has 1 N–H and O–H groups in total. The van der Waals surface area contributed by atoms with Gasteiger partial charge in [0.05, 0.1) is 21.7 Å². The maximum Gasteiger partial charge on any atom is 0.313 e. The van der Waals surface area contributed by atoms with Gasteiger partial charge in [-0.15, -0.1) is 0 Å². The van der Waals surface area contributed by atoms with E-state index in [0.29, 0.717) is 0 Å². The molecule has 10 heteroatoms. The minimum atomic E-state index is -1.48. The summed E-state index contributed by atoms with van der Waals surface area (Å²) < 4.78 is 27.9. The lowest BCUT2D eigenvalue weighted by Gasteiger charge is -2.30. The predicted molar refractivity (Wildman–Crippen MR) is 129 cm³/mol. The van der Waals surface area contributed by atoms with Gasteiger partial charge in [-0.2, -0.15) is 0 Å². The molecule has 1 saturated heterocycles. The van der Waals surface area contributed by atoms with Gasteiger partial charge < -0.3 is 28.8 Å². The van der Waals surface area contributed by atoms with Gasteiger partial charge in [-0.05, 0) is 83.1 Å². The van der Waals surface area contributed by atoms with E-state index < -0.39 is 82.8 Å². The molecular formula is C26H44O10. The van der Waals surface area contributed by atoms with Crippen LogP contribution in [0.1, 0.15) is 83.1 Å². The molecular weight excluding hydrogens is 472 g/mol. The molecule has 0 aromatic rings. The molecule has 5 unspecified atom stereocenters. The van der Waals surface area contributed by atoms with Gasteiger partial charge in [0.1, 0.15) is 18.8 Å². The van der Waals surface area contributed by atoms with Gasteiger partial charge in [-0.3, -0.25) is 19.2 Å². The minimum Gasteiger partial charge on any atom is -0.462 e. The predicted octanol–water partition coefficient (Wildman–Crippen LogP) is 3.17. The summed E-state index contributed by atoms with van der Waals surface area (Å²) in [6, 6.07) is 0. The fourth-order valence-corrected chi connectivity index (χ4v) is 2.67. The first-order valence-electron chi connectivity index (χ1n) is 12.1. The van der Waals surface area contributed by atoms with Crippen LogP contribution < -0.4 is 0 Å². The average molecular weight is 517 g/mol. The second-order valence-electron chi connectivity index (χ2n) is 13.3. The maximum atomic E-state index is 12.8. The van der Waals surface area contributed by atoms with E-state index in [1.807, 2.05) is 0 Å². The smallest absolute Gasteiger partial charge is 0.313 e. The van der Waals surface area contributed by atoms with Crippen molar-refractivity contribution < 1.29 is 48.0 Å². The summed E-state index contributed by atoms with van der Waals surface area (Å²) in [7, 11) is 0. The van der Waals surface area contributed by atoms with Crippen molar-refractivity contribution in [3.05, 3.63) is 0 Å². The van der Waals surface area contributed by atoms with Crippen molar-refractivity contribution in [2.24, 2.45) is 21.7 Å². The second-order valence-corrected chi connectivity index (χ2v) is 13.3. The van der Waals surface area contributed by atoms with Crippen LogP contribution in [0.15, 0.2) is 0 Å². The van der Waals surface area contributed by atoms with Crippen LogP contribution in [0.5, 0.6) is 0 Å². The molecule has 208 valence electrons. The van der Waals surface area contributed by atoms with E-state index in [-0.39, 0.29) is 0 Å². The van der Waals surface area contributed by atoms with Gasteiger partial charge >= 0.3 is 23.9 Å². The van der Waals surface area contributed by atoms with Gasteiger partial charge in [-0.1, -0.05) is 0 Å². The van der Waals surface area contributed by atoms with Gasteiger partial charge in [0.2, 0.25) is 12.4 Å². The topological polar surface area (TPSA) is 135 Å². The molecule has 0 aromatic carbocycles. The number of esters is 4. The van der Waals surface area contributed by atoms with E-state index in [1.165, 1.54) is 0 Å². The van der Waals surface area contributed by atoms with E-state index in [2.05, 4.69) is 0 Å². The monoisotopic (exact) mass is 516 g/mol. The molecule has 1 aliphatic rings. The molecule has 0 aromatic heterocycles. The van der Waals surface area contributed by atoms with Crippen LogP contribution in [-0.2, 0) is 42.9 Å². The second kappa shape index (κ2) is 11.0. The Kier molecular flexibility index (Phi) is 9.77. The summed E-state index contributed by atoms with van der Waals surface area (Å²) in [6.45, 7) is 19.2. The van der Waals surface area contributed by atoms with Crippen LogP contribution in [0.3, 0.4) is 0 Å². The normalized spacial score (nSPS) is 24.0. The van der Waals surface area contributed by atoms with Crippen LogP contribution in [0.2, 0.25) is 0 Å². The SMILES string of the molecule is CC(C)(C)C(=O)OCC(O)C1OC(OC(=O)C(C)(C)C)C(OC(=O)C(C)(C)C)C1OC(=O)C(C)(C)C. The highest BCUT2D eigenvalue weighted by atomic mass is 16.8. The van der Waals surface area contributed by atoms with Gasteiger partial charge in [0.25, 0.3) is 0 Å². The number of carbonyl (C=O) groups is 4. The fourth-order valence-electron chi connectivity index (χ4n) is 2.67. The summed E-state index contributed by atoms with van der Waals surface area (Å²) in [5.41, 5.74) is -3.61. The molecule has 0 bridgehead atoms. The number of carbonyl (C=O) groups excluding carboxylic acids is 4. The summed E-state index contributed by atoms with van der Waals surface area (Å²) in [4.78, 5) is 50.5. The Morgan fingerprint density at radius 1 is 0.639 bits per heavy atom. The zero-order valence-corrected chi connectivity index (χ0v) is 23.7. The number of ether oxygens (including phenoxy) is 5. The van der Waals surface area contributed by atoms with Crippen molar-refractivity contribution >= 4 is 23.9 Å². The van der Waals surface area contributed by atoms with Gasteiger partial charge in [0.15, 0.2) is 6.10 Å². The first kappa shape index (κ1) is 31.8. The van der Waals surface area contributed by atoms with E-state index in [1.54, 1.807) is 83.1 Å². The zero-order chi connectivity index (χ0) is 28.4. The van der Waals surface area contributed by atoms with Crippen LogP contribution in [-0.4, -0.2) is 66.3 Å². The molecule has 36 heavy (non-hydrogen) atoms. The highest BCUT2D eigenvalue weighted by Gasteiger charge is 2.56. The Morgan fingerprint density at radius 3 is 1.39 bits per heavy atom. The third kappa shape index (κ3) is 8.73. The molecule has 10 nitrogen and oxygen atoms in total. The Hall–Kier alpha value is -2.20. The quantitative estimate of drug-likeness (QED) is 0.414. The number of rotatable bonds is 6. The number of aliphatic hydroxyl groups is 1. The van der Waals surface area contributed by atoms with E-state index in [0.717, 1.165) is 0 Å². The number of aliphatic hydroxyl groups excluding tert-OH is 1. The largest absolute Gasteiger partial charge is 0.462 e. The molecule has 1 fully saturated rings. The lowest BCUT2D eigenvalue weighted by atomic mass is 9.96. The molecule has 1 heterocycles. The molecule has 0 aliphatic carbocycles. The van der Waals surface area contributed by atoms with Gasteiger partial charge in [0, 0.05) is 0 Å². The Balaban J connectivity index is 3.39. The number of hydrogen-bond acceptors (Lipinski definition) is 10. The number of hydrogen-bond donors (Lipinski definition) is 1. The van der Waals surface area contributed by atoms with Crippen molar-refractivity contribution in [1.29, 1.82) is 0 Å². The average Bonchev–Trinajstić information content (AvgIpc) is 2.99. The van der Waals surface area contributed by atoms with Crippen LogP contribution in [0, 0.1) is 21.7 Å². The van der Waals surface area contributed by atoms with Gasteiger partial charge in [-0.25, -0.2) is 0 Å². The van der Waals surface area contributed by atoms with Crippen molar-refractivity contribution in [1.82, 2.24) is 0 Å². The van der Waals surface area contributed by atoms with Crippen molar-refractivity contribution in [2.45, 2.75) is 114 Å². The highest BCUT2D eigenvalue weighted by Crippen LogP contribution is 2.34. The van der Waals surface area contributed by atoms with Crippen LogP contribution in [0.25, 0.3) is 0 Å². The minimum absolute atomic E-state index is 0.482. The summed E-state index contributed by atoms with van der Waals surface area (Å²) >= 11 is 0. The first-order chi connectivity index (χ1) is 16.0. The summed E-state index contributed by atoms with van der Waals surface area (Å²) in [6.07, 6.45) is -6.99. The van der Waals surface area contributed by atoms with Crippen molar-refractivity contribution in [3.8, 4) is 0 Å². The molecule has 1 rings (SSSR count). The Morgan fingerprint density at radius 2 is 1.00 bits per heavy atom. The van der Waals surface area contributed by atoms with Crippen molar-refractivity contribution in [3.63, 3.8) is 0 Å². The van der Waals surface area contributed by atoms with Crippen LogP contribution in [0.4, 0.5) is 0 Å². The zero-order valence-electron chi connectivity index (χ0n) is 23.7. The molecule has 1 aliphatic heterocycles. The highest BCUT2D eigenvalue weighted by molar-refractivity contribution is 5.78. The molecule has 0 amide bonds. The third-order valence-corrected chi connectivity index (χ3v) is 5.13. The lowest BCUT2D eigenvalue weighted by Crippen LogP contribution is -2.48. The molecule has 5 atom stereocenters. The maximum absolute atomic E-state index is 12.8. The van der Waals surface area contributed by atoms with E-state index in [4.69, 9.17) is 23.7 Å². The molecule has 0 spiro atoms. The standard InChI is InChI=1S/C26H44O10/c1-23(2,3)19(28)32-13-14(27)15-16(34-20(29)24(4,5)6)17(35-21(30)25(7,8)9)18(33-15)36-22(31)26(10,11)12/h14-18,27H,13H2,1-12H3. The summed E-state index contributed by atoms with van der Waals surface area (Å²) in [5.74, 6) is -2.52. The van der Waals surface area contributed by atoms with Crippen LogP contribution >= 0.6 is 0 Å². The van der Waals surface area contributed by atoms with E-state index >= 15 is 0 Å². The lowest BCUT2D eigenvalue weighted by molar-refractivity contribution is -0.210. The molecule has 0 saturated carbocycles. The fraction of sp³-hybridized carbons (Fsp3) is 0.846. The third-order valence-electron chi connectivity index (χ3n) is 5.13. The first-order valence-corrected chi connectivity index (χ1v) is 12.1. The Bertz CT molecular complexity index is 820. The van der Waals surface area contributed by atoms with E-state index in [9.17, 15) is 24.3 Å². The van der Waals surface area contributed by atoms with Crippen molar-refractivity contribution in [2.75, 3.05) is 6.61 Å².